The van der Waals surface area contributed by atoms with Gasteiger partial charge >= 0.3 is 0 Å². The molecule has 0 spiro atoms. The molecule has 1 unspecified atom stereocenters. The summed E-state index contributed by atoms with van der Waals surface area (Å²) in [5, 5.41) is 18.3. The van der Waals surface area contributed by atoms with Crippen LogP contribution in [0.5, 0.6) is 5.75 Å². The molecule has 0 radical (unpaired) electrons. The SMILES string of the molecule is N#Cc1c(-c2ccc(NS(=O)C3CC3)cc2)n(C2CCC2)c2cc(OCC(N)=NC=N)ccc12. The molecule has 9 heteroatoms. The Morgan fingerprint density at radius 1 is 1.26 bits per heavy atom. The number of aromatic nitrogens is 1. The van der Waals surface area contributed by atoms with Gasteiger partial charge in [0, 0.05) is 23.2 Å². The lowest BCUT2D eigenvalue weighted by atomic mass is 9.92. The number of amidine groups is 1. The lowest BCUT2D eigenvalue weighted by Crippen LogP contribution is -2.21. The van der Waals surface area contributed by atoms with Crippen LogP contribution in [-0.2, 0) is 11.0 Å². The van der Waals surface area contributed by atoms with Crippen LogP contribution in [0.25, 0.3) is 22.2 Å². The zero-order valence-corrected chi connectivity index (χ0v) is 19.5. The standard InChI is InChI=1S/C25H26N6O2S/c26-13-22-21-11-8-19(33-14-24(28)29-15-27)12-23(21)31(18-2-1-3-18)25(22)16-4-6-17(7-5-16)30-34(32)20-9-10-20/h4-8,11-12,15,18,20,30H,1-3,9-10,14H2,(H3,27,28,29). The molecule has 0 bridgehead atoms. The molecule has 0 aliphatic heterocycles. The molecule has 2 aromatic carbocycles. The van der Waals surface area contributed by atoms with Gasteiger partial charge in [0.25, 0.3) is 0 Å². The van der Waals surface area contributed by atoms with Crippen LogP contribution in [0, 0.1) is 16.7 Å². The quantitative estimate of drug-likeness (QED) is 0.312. The van der Waals surface area contributed by atoms with E-state index in [2.05, 4.69) is 20.4 Å². The van der Waals surface area contributed by atoms with Gasteiger partial charge in [-0.2, -0.15) is 5.26 Å². The van der Waals surface area contributed by atoms with E-state index in [1.54, 1.807) is 0 Å². The third kappa shape index (κ3) is 4.29. The summed E-state index contributed by atoms with van der Waals surface area (Å²) >= 11 is 0. The van der Waals surface area contributed by atoms with Gasteiger partial charge in [0.05, 0.1) is 22.0 Å². The predicted octanol–water partition coefficient (Wildman–Crippen LogP) is 4.49. The van der Waals surface area contributed by atoms with E-state index in [9.17, 15) is 9.47 Å². The van der Waals surface area contributed by atoms with E-state index in [0.717, 1.165) is 66.3 Å². The van der Waals surface area contributed by atoms with Crippen LogP contribution in [0.3, 0.4) is 0 Å². The third-order valence-corrected chi connectivity index (χ3v) is 7.86. The summed E-state index contributed by atoms with van der Waals surface area (Å²) in [6.07, 6.45) is 6.20. The Hall–Kier alpha value is -3.64. The molecule has 0 amide bonds. The summed E-state index contributed by atoms with van der Waals surface area (Å²) in [7, 11) is -1.05. The Labute approximate surface area is 200 Å². The van der Waals surface area contributed by atoms with Crippen molar-refractivity contribution in [3.63, 3.8) is 0 Å². The molecule has 4 N–H and O–H groups in total. The molecule has 1 atom stereocenters. The number of hydrogen-bond donors (Lipinski definition) is 3. The van der Waals surface area contributed by atoms with Crippen LogP contribution in [0.4, 0.5) is 5.69 Å². The second-order valence-corrected chi connectivity index (χ2v) is 10.1. The van der Waals surface area contributed by atoms with Crippen molar-refractivity contribution in [2.24, 2.45) is 10.7 Å². The molecule has 2 fully saturated rings. The van der Waals surface area contributed by atoms with E-state index in [0.29, 0.717) is 17.4 Å². The number of anilines is 1. The van der Waals surface area contributed by atoms with Crippen molar-refractivity contribution in [2.75, 3.05) is 11.3 Å². The fraction of sp³-hybridized carbons (Fsp3) is 0.320. The summed E-state index contributed by atoms with van der Waals surface area (Å²) in [4.78, 5) is 3.72. The Kier molecular flexibility index (Phi) is 6.07. The highest BCUT2D eigenvalue weighted by atomic mass is 32.2. The Balaban J connectivity index is 1.53. The van der Waals surface area contributed by atoms with Gasteiger partial charge in [0.15, 0.2) is 0 Å². The molecule has 2 aliphatic carbocycles. The van der Waals surface area contributed by atoms with Gasteiger partial charge in [-0.3, -0.25) is 5.41 Å². The van der Waals surface area contributed by atoms with Crippen molar-refractivity contribution in [3.05, 3.63) is 48.0 Å². The zero-order valence-electron chi connectivity index (χ0n) is 18.7. The van der Waals surface area contributed by atoms with Gasteiger partial charge in [0.2, 0.25) is 0 Å². The van der Waals surface area contributed by atoms with Gasteiger partial charge in [-0.05, 0) is 61.9 Å². The molecular weight excluding hydrogens is 448 g/mol. The van der Waals surface area contributed by atoms with Gasteiger partial charge in [-0.15, -0.1) is 0 Å². The molecule has 174 valence electrons. The molecule has 8 nitrogen and oxygen atoms in total. The zero-order chi connectivity index (χ0) is 23.7. The summed E-state index contributed by atoms with van der Waals surface area (Å²) < 4.78 is 23.4. The van der Waals surface area contributed by atoms with Gasteiger partial charge in [0.1, 0.15) is 41.6 Å². The fourth-order valence-electron chi connectivity index (χ4n) is 4.26. The number of benzene rings is 2. The second kappa shape index (κ2) is 9.31. The Morgan fingerprint density at radius 2 is 2.03 bits per heavy atom. The molecule has 5 rings (SSSR count). The van der Waals surface area contributed by atoms with Crippen LogP contribution in [-0.4, -0.2) is 32.8 Å². The molecular formula is C25H26N6O2S. The first kappa shape index (κ1) is 22.2. The lowest BCUT2D eigenvalue weighted by molar-refractivity contribution is 0.323. The van der Waals surface area contributed by atoms with Crippen LogP contribution in [0.1, 0.15) is 43.7 Å². The minimum absolute atomic E-state index is 0.0830. The number of ether oxygens (including phenoxy) is 1. The van der Waals surface area contributed by atoms with Crippen molar-refractivity contribution >= 4 is 39.8 Å². The average Bonchev–Trinajstić information content (AvgIpc) is 3.61. The first-order chi connectivity index (χ1) is 16.6. The first-order valence-corrected chi connectivity index (χ1v) is 12.6. The summed E-state index contributed by atoms with van der Waals surface area (Å²) in [6.45, 7) is 0.0830. The lowest BCUT2D eigenvalue weighted by Gasteiger charge is -2.30. The molecule has 2 saturated carbocycles. The summed E-state index contributed by atoms with van der Waals surface area (Å²) in [5.74, 6) is 0.853. The fourth-order valence-corrected chi connectivity index (χ4v) is 5.36. The number of aliphatic imine (C=N–C) groups is 1. The normalized spacial score (nSPS) is 17.1. The van der Waals surface area contributed by atoms with Crippen molar-refractivity contribution in [3.8, 4) is 23.1 Å². The van der Waals surface area contributed by atoms with Crippen molar-refractivity contribution in [1.29, 1.82) is 10.7 Å². The first-order valence-electron chi connectivity index (χ1n) is 11.4. The Morgan fingerprint density at radius 3 is 2.65 bits per heavy atom. The van der Waals surface area contributed by atoms with E-state index >= 15 is 0 Å². The van der Waals surface area contributed by atoms with E-state index in [4.69, 9.17) is 15.9 Å². The van der Waals surface area contributed by atoms with E-state index in [1.165, 1.54) is 0 Å². The molecule has 3 aromatic rings. The maximum Gasteiger partial charge on any atom is 0.145 e. The average molecular weight is 475 g/mol. The maximum absolute atomic E-state index is 12.2. The number of nitrogens with one attached hydrogen (secondary N) is 2. The van der Waals surface area contributed by atoms with E-state index < -0.39 is 11.0 Å². The molecule has 1 heterocycles. The van der Waals surface area contributed by atoms with Gasteiger partial charge in [-0.1, -0.05) is 12.1 Å². The van der Waals surface area contributed by atoms with Crippen LogP contribution >= 0.6 is 0 Å². The topological polar surface area (TPSA) is 129 Å². The largest absolute Gasteiger partial charge is 0.486 e. The maximum atomic E-state index is 12.2. The Bertz CT molecular complexity index is 1330. The minimum atomic E-state index is -1.05. The number of fused-ring (bicyclic) bond motifs is 1. The smallest absolute Gasteiger partial charge is 0.145 e. The van der Waals surface area contributed by atoms with Crippen molar-refractivity contribution < 1.29 is 8.95 Å². The molecule has 1 aromatic heterocycles. The number of rotatable bonds is 9. The van der Waals surface area contributed by atoms with Crippen LogP contribution in [0.15, 0.2) is 47.5 Å². The number of nitrogens with two attached hydrogens (primary N) is 1. The molecule has 0 saturated heterocycles. The highest BCUT2D eigenvalue weighted by Crippen LogP contribution is 2.43. The summed E-state index contributed by atoms with van der Waals surface area (Å²) in [6, 6.07) is 16.3. The van der Waals surface area contributed by atoms with Gasteiger partial charge in [-0.25, -0.2) is 9.20 Å². The van der Waals surface area contributed by atoms with Crippen LogP contribution < -0.4 is 15.2 Å². The minimum Gasteiger partial charge on any atom is -0.486 e. The van der Waals surface area contributed by atoms with Crippen molar-refractivity contribution in [1.82, 2.24) is 4.57 Å². The highest BCUT2D eigenvalue weighted by molar-refractivity contribution is 7.87. The summed E-state index contributed by atoms with van der Waals surface area (Å²) in [5.41, 5.74) is 10.0. The second-order valence-electron chi connectivity index (χ2n) is 8.68. The highest BCUT2D eigenvalue weighted by Gasteiger charge is 2.29. The van der Waals surface area contributed by atoms with Crippen LogP contribution in [0.2, 0.25) is 0 Å². The monoisotopic (exact) mass is 474 g/mol. The van der Waals surface area contributed by atoms with Crippen molar-refractivity contribution in [2.45, 2.75) is 43.4 Å². The van der Waals surface area contributed by atoms with E-state index in [-0.39, 0.29) is 17.7 Å². The number of nitriles is 1. The molecule has 2 aliphatic rings. The number of nitrogens with zero attached hydrogens (tertiary/aromatic N) is 3. The van der Waals surface area contributed by atoms with Gasteiger partial charge < -0.3 is 19.8 Å². The predicted molar refractivity (Wildman–Crippen MR) is 136 cm³/mol. The molecule has 34 heavy (non-hydrogen) atoms. The third-order valence-electron chi connectivity index (χ3n) is 6.35. The number of hydrogen-bond acceptors (Lipinski definition) is 4. The van der Waals surface area contributed by atoms with E-state index in [1.807, 2.05) is 42.5 Å².